The number of aliphatic hydroxyl groups is 1. The average Bonchev–Trinajstić information content (AvgIpc) is 3.47. The zero-order valence-electron chi connectivity index (χ0n) is 24.5. The van der Waals surface area contributed by atoms with Gasteiger partial charge in [0.2, 0.25) is 5.91 Å². The molecule has 1 aromatic heterocycles. The van der Waals surface area contributed by atoms with Gasteiger partial charge in [-0.05, 0) is 105 Å². The second-order valence-corrected chi connectivity index (χ2v) is 14.1. The summed E-state index contributed by atoms with van der Waals surface area (Å²) in [5.41, 5.74) is -0.0113. The normalized spacial score (nSPS) is 40.8. The first-order chi connectivity index (χ1) is 19.1. The van der Waals surface area contributed by atoms with E-state index in [0.29, 0.717) is 37.3 Å². The molecule has 4 saturated carbocycles. The highest BCUT2D eigenvalue weighted by Crippen LogP contribution is 2.70. The molecule has 40 heavy (non-hydrogen) atoms. The van der Waals surface area contributed by atoms with Crippen LogP contribution in [0.4, 0.5) is 4.79 Å². The Balaban J connectivity index is 1.10. The molecule has 0 bridgehead atoms. The molecule has 2 heterocycles. The van der Waals surface area contributed by atoms with Gasteiger partial charge in [0.25, 0.3) is 0 Å². The number of carbonyl (C=O) groups is 2. The molecule has 1 saturated heterocycles. The molecule has 220 valence electrons. The molecular weight excluding hydrogens is 506 g/mol. The van der Waals surface area contributed by atoms with Gasteiger partial charge in [-0.3, -0.25) is 4.79 Å². The maximum absolute atomic E-state index is 13.0. The Morgan fingerprint density at radius 1 is 1.10 bits per heavy atom. The zero-order chi connectivity index (χ0) is 28.3. The lowest BCUT2D eigenvalue weighted by Gasteiger charge is -2.64. The summed E-state index contributed by atoms with van der Waals surface area (Å²) in [7, 11) is 1.93. The number of likely N-dealkylation sites (tertiary alicyclic amines) is 1. The van der Waals surface area contributed by atoms with Gasteiger partial charge in [-0.25, -0.2) is 9.59 Å². The monoisotopic (exact) mass is 553 g/mol. The SMILES string of the molecule is CN(C(=O)NCCN1CCCC1=O)[C@H]1CC[C@@]2(C)[C@H](CC[C@@H]3[C@@H]2CC[C@]2(C)[C@@H](c4ccc(=O)oc4)CC[C@]32O)C1. The van der Waals surface area contributed by atoms with Crippen LogP contribution in [0.2, 0.25) is 0 Å². The van der Waals surface area contributed by atoms with Crippen molar-refractivity contribution in [2.45, 2.75) is 102 Å². The van der Waals surface area contributed by atoms with E-state index in [-0.39, 0.29) is 40.4 Å². The van der Waals surface area contributed by atoms with Crippen LogP contribution >= 0.6 is 0 Å². The van der Waals surface area contributed by atoms with Gasteiger partial charge in [0.05, 0.1) is 11.9 Å². The number of amides is 3. The number of carbonyl (C=O) groups excluding carboxylic acids is 2. The fraction of sp³-hybridized carbons (Fsp3) is 0.781. The fourth-order valence-electron chi connectivity index (χ4n) is 10.2. The van der Waals surface area contributed by atoms with Gasteiger partial charge < -0.3 is 24.6 Å². The van der Waals surface area contributed by atoms with Gasteiger partial charge in [0.1, 0.15) is 0 Å². The molecule has 0 radical (unpaired) electrons. The predicted molar refractivity (Wildman–Crippen MR) is 152 cm³/mol. The van der Waals surface area contributed by atoms with E-state index < -0.39 is 5.60 Å². The Hall–Kier alpha value is -2.35. The van der Waals surface area contributed by atoms with Gasteiger partial charge in [-0.15, -0.1) is 0 Å². The topological polar surface area (TPSA) is 103 Å². The van der Waals surface area contributed by atoms with Gasteiger partial charge in [-0.1, -0.05) is 13.8 Å². The van der Waals surface area contributed by atoms with Crippen molar-refractivity contribution >= 4 is 11.9 Å². The van der Waals surface area contributed by atoms with Crippen LogP contribution in [0.25, 0.3) is 0 Å². The Labute approximate surface area is 237 Å². The third kappa shape index (κ3) is 4.31. The van der Waals surface area contributed by atoms with E-state index in [1.165, 1.54) is 6.07 Å². The lowest BCUT2D eigenvalue weighted by molar-refractivity contribution is -0.203. The van der Waals surface area contributed by atoms with E-state index in [4.69, 9.17) is 4.42 Å². The van der Waals surface area contributed by atoms with E-state index in [2.05, 4.69) is 19.2 Å². The van der Waals surface area contributed by atoms with Crippen molar-refractivity contribution in [2.24, 2.45) is 28.6 Å². The average molecular weight is 554 g/mol. The Bertz CT molecular complexity index is 1180. The first-order valence-electron chi connectivity index (χ1n) is 15.7. The second-order valence-electron chi connectivity index (χ2n) is 14.1. The maximum atomic E-state index is 13.0. The summed E-state index contributed by atoms with van der Waals surface area (Å²) in [5.74, 6) is 1.74. The molecule has 8 heteroatoms. The van der Waals surface area contributed by atoms with E-state index in [9.17, 15) is 19.5 Å². The standard InChI is InChI=1S/C32H47N3O5/c1-30-13-10-23(34(3)29(38)33-16-18-35-17-4-5-27(35)36)19-22(30)7-8-26-25(30)11-14-31(2)24(12-15-32(26,31)39)21-6-9-28(37)40-20-21/h6,9,20,22-26,39H,4-5,7-8,10-19H2,1-3H3,(H,33,38)/t22-,23+,24-,25+,26-,30+,31-,32+/m1/s1. The van der Waals surface area contributed by atoms with Crippen molar-refractivity contribution in [1.29, 1.82) is 0 Å². The van der Waals surface area contributed by atoms with Gasteiger partial charge >= 0.3 is 11.7 Å². The summed E-state index contributed by atoms with van der Waals surface area (Å²) in [4.78, 5) is 40.2. The summed E-state index contributed by atoms with van der Waals surface area (Å²) in [6, 6.07) is 3.60. The third-order valence-corrected chi connectivity index (χ3v) is 12.6. The molecule has 1 aliphatic heterocycles. The lowest BCUT2D eigenvalue weighted by Crippen LogP contribution is -2.62. The van der Waals surface area contributed by atoms with Crippen LogP contribution in [0, 0.1) is 28.6 Å². The molecule has 0 unspecified atom stereocenters. The number of hydrogen-bond acceptors (Lipinski definition) is 5. The van der Waals surface area contributed by atoms with Gasteiger partial charge in [-0.2, -0.15) is 0 Å². The fourth-order valence-corrected chi connectivity index (χ4v) is 10.2. The van der Waals surface area contributed by atoms with Crippen molar-refractivity contribution in [3.05, 3.63) is 34.4 Å². The molecule has 8 atom stereocenters. The Morgan fingerprint density at radius 3 is 2.65 bits per heavy atom. The second kappa shape index (κ2) is 10.2. The number of rotatable bonds is 5. The van der Waals surface area contributed by atoms with Gasteiger partial charge in [0.15, 0.2) is 0 Å². The van der Waals surface area contributed by atoms with Crippen molar-refractivity contribution < 1.29 is 19.1 Å². The molecule has 1 aromatic rings. The van der Waals surface area contributed by atoms with Crippen LogP contribution in [0.3, 0.4) is 0 Å². The van der Waals surface area contributed by atoms with E-state index in [0.717, 1.165) is 76.3 Å². The quantitative estimate of drug-likeness (QED) is 0.558. The number of fused-ring (bicyclic) bond motifs is 5. The molecule has 6 rings (SSSR count). The number of nitrogens with one attached hydrogen (secondary N) is 1. The van der Waals surface area contributed by atoms with E-state index in [1.807, 2.05) is 22.9 Å². The number of urea groups is 1. The molecule has 5 fully saturated rings. The van der Waals surface area contributed by atoms with Crippen LogP contribution in [-0.2, 0) is 4.79 Å². The van der Waals surface area contributed by atoms with Crippen molar-refractivity contribution in [3.8, 4) is 0 Å². The highest BCUT2D eigenvalue weighted by molar-refractivity contribution is 5.78. The summed E-state index contributed by atoms with van der Waals surface area (Å²) in [6.07, 6.45) is 12.3. The number of nitrogens with zero attached hydrogens (tertiary/aromatic N) is 2. The Kier molecular flexibility index (Phi) is 7.07. The van der Waals surface area contributed by atoms with Crippen LogP contribution in [0.5, 0.6) is 0 Å². The smallest absolute Gasteiger partial charge is 0.335 e. The minimum Gasteiger partial charge on any atom is -0.431 e. The summed E-state index contributed by atoms with van der Waals surface area (Å²) < 4.78 is 5.23. The third-order valence-electron chi connectivity index (χ3n) is 12.6. The van der Waals surface area contributed by atoms with Crippen LogP contribution in [0.15, 0.2) is 27.6 Å². The maximum Gasteiger partial charge on any atom is 0.335 e. The molecule has 2 N–H and O–H groups in total. The first-order valence-corrected chi connectivity index (χ1v) is 15.7. The summed E-state index contributed by atoms with van der Waals surface area (Å²) in [5, 5.41) is 15.5. The molecule has 4 aliphatic carbocycles. The van der Waals surface area contributed by atoms with E-state index >= 15 is 0 Å². The Morgan fingerprint density at radius 2 is 1.93 bits per heavy atom. The molecular formula is C32H47N3O5. The molecule has 8 nitrogen and oxygen atoms in total. The van der Waals surface area contributed by atoms with E-state index in [1.54, 1.807) is 6.26 Å². The lowest BCUT2D eigenvalue weighted by atomic mass is 9.43. The zero-order valence-corrected chi connectivity index (χ0v) is 24.5. The van der Waals surface area contributed by atoms with Crippen LogP contribution < -0.4 is 10.9 Å². The largest absolute Gasteiger partial charge is 0.431 e. The molecule has 3 amide bonds. The minimum absolute atomic E-state index is 0.0366. The summed E-state index contributed by atoms with van der Waals surface area (Å²) >= 11 is 0. The van der Waals surface area contributed by atoms with Crippen molar-refractivity contribution in [3.63, 3.8) is 0 Å². The minimum atomic E-state index is -0.699. The van der Waals surface area contributed by atoms with Crippen LogP contribution in [-0.4, -0.2) is 65.2 Å². The molecule has 0 spiro atoms. The number of hydrogen-bond donors (Lipinski definition) is 2. The summed E-state index contributed by atoms with van der Waals surface area (Å²) in [6.45, 7) is 6.65. The van der Waals surface area contributed by atoms with Crippen LogP contribution in [0.1, 0.15) is 96.0 Å². The highest BCUT2D eigenvalue weighted by atomic mass is 16.4. The van der Waals surface area contributed by atoms with Crippen molar-refractivity contribution in [1.82, 2.24) is 15.1 Å². The highest BCUT2D eigenvalue weighted by Gasteiger charge is 2.67. The molecule has 0 aromatic carbocycles. The predicted octanol–water partition coefficient (Wildman–Crippen LogP) is 4.51. The first kappa shape index (κ1) is 27.8. The van der Waals surface area contributed by atoms with Crippen molar-refractivity contribution in [2.75, 3.05) is 26.7 Å². The van der Waals surface area contributed by atoms with Gasteiger partial charge in [0, 0.05) is 50.6 Å². The molecule has 5 aliphatic rings.